The van der Waals surface area contributed by atoms with Crippen molar-refractivity contribution in [3.05, 3.63) is 38.9 Å². The van der Waals surface area contributed by atoms with Crippen LogP contribution < -0.4 is 11.0 Å². The van der Waals surface area contributed by atoms with E-state index in [1.165, 1.54) is 0 Å². The summed E-state index contributed by atoms with van der Waals surface area (Å²) in [4.78, 5) is 13.9. The first kappa shape index (κ1) is 9.75. The maximum Gasteiger partial charge on any atom is 0.318 e. The fourth-order valence-electron chi connectivity index (χ4n) is 0.707. The molecule has 13 heavy (non-hydrogen) atoms. The molecule has 2 N–H and O–H groups in total. The van der Waals surface area contributed by atoms with Crippen molar-refractivity contribution in [1.29, 1.82) is 0 Å². The highest BCUT2D eigenvalue weighted by molar-refractivity contribution is 9.10. The van der Waals surface area contributed by atoms with E-state index in [0.717, 1.165) is 4.47 Å². The Morgan fingerprint density at radius 2 is 2.00 bits per heavy atom. The molecule has 1 rings (SSSR count). The number of benzene rings is 1. The van der Waals surface area contributed by atoms with Gasteiger partial charge >= 0.3 is 5.09 Å². The number of halogens is 1. The third kappa shape index (κ3) is 2.88. The summed E-state index contributed by atoms with van der Waals surface area (Å²) in [5.74, 6) is 5.20. The average molecular weight is 248 g/mol. The van der Waals surface area contributed by atoms with Crippen LogP contribution >= 0.6 is 15.9 Å². The van der Waals surface area contributed by atoms with Crippen LogP contribution in [-0.2, 0) is 4.94 Å². The van der Waals surface area contributed by atoms with Gasteiger partial charge in [-0.1, -0.05) is 15.9 Å². The minimum absolute atomic E-state index is 0.389. The summed E-state index contributed by atoms with van der Waals surface area (Å²) in [5.41, 5.74) is 0.389. The smallest absolute Gasteiger partial charge is 0.223 e. The highest BCUT2D eigenvalue weighted by Gasteiger charge is 2.04. The zero-order valence-electron chi connectivity index (χ0n) is 6.38. The molecule has 1 aromatic rings. The van der Waals surface area contributed by atoms with Gasteiger partial charge in [0.05, 0.1) is 5.69 Å². The number of nitrogens with zero attached hydrogens (tertiary/aromatic N) is 2. The van der Waals surface area contributed by atoms with Gasteiger partial charge in [0, 0.05) is 4.47 Å². The molecule has 70 valence electrons. The fourth-order valence-corrected chi connectivity index (χ4v) is 0.971. The first-order valence-electron chi connectivity index (χ1n) is 3.22. The van der Waals surface area contributed by atoms with E-state index in [4.69, 9.17) is 5.84 Å². The molecule has 0 spiro atoms. The molecule has 7 heteroatoms. The largest absolute Gasteiger partial charge is 0.318 e. The second-order valence-electron chi connectivity index (χ2n) is 2.11. The minimum Gasteiger partial charge on any atom is -0.223 e. The standard InChI is InChI=1S/C6H6BrN3O3/c7-5-1-3-6(4-2-5)9(8)13-10(11)12/h1-4H,8H2. The second kappa shape index (κ2) is 4.06. The monoisotopic (exact) mass is 247 g/mol. The molecule has 0 heterocycles. The minimum atomic E-state index is -0.984. The number of hydrogen-bond donors (Lipinski definition) is 1. The van der Waals surface area contributed by atoms with Crippen LogP contribution in [0, 0.1) is 10.1 Å². The lowest BCUT2D eigenvalue weighted by Gasteiger charge is -2.13. The zero-order valence-corrected chi connectivity index (χ0v) is 7.97. The van der Waals surface area contributed by atoms with E-state index >= 15 is 0 Å². The first-order valence-corrected chi connectivity index (χ1v) is 4.02. The van der Waals surface area contributed by atoms with Crippen LogP contribution in [0.2, 0.25) is 0 Å². The van der Waals surface area contributed by atoms with Crippen molar-refractivity contribution in [3.8, 4) is 0 Å². The van der Waals surface area contributed by atoms with Crippen LogP contribution in [-0.4, -0.2) is 5.09 Å². The summed E-state index contributed by atoms with van der Waals surface area (Å²) in [6, 6.07) is 6.54. The normalized spacial score (nSPS) is 9.38. The van der Waals surface area contributed by atoms with E-state index < -0.39 is 5.09 Å². The first-order chi connectivity index (χ1) is 6.09. The molecular formula is C6H6BrN3O3. The Labute approximate surface area is 82.0 Å². The van der Waals surface area contributed by atoms with Gasteiger partial charge in [-0.3, -0.25) is 0 Å². The Kier molecular flexibility index (Phi) is 3.04. The van der Waals surface area contributed by atoms with Gasteiger partial charge in [0.15, 0.2) is 0 Å². The van der Waals surface area contributed by atoms with Gasteiger partial charge in [-0.2, -0.15) is 4.94 Å². The van der Waals surface area contributed by atoms with E-state index in [0.29, 0.717) is 10.9 Å². The van der Waals surface area contributed by atoms with Gasteiger partial charge < -0.3 is 0 Å². The summed E-state index contributed by atoms with van der Waals surface area (Å²) in [5, 5.41) is 9.49. The van der Waals surface area contributed by atoms with E-state index in [9.17, 15) is 10.1 Å². The molecule has 0 radical (unpaired) electrons. The lowest BCUT2D eigenvalue weighted by atomic mass is 10.3. The van der Waals surface area contributed by atoms with E-state index in [1.54, 1.807) is 24.3 Å². The Balaban J connectivity index is 2.71. The molecule has 0 unspecified atom stereocenters. The third-order valence-electron chi connectivity index (χ3n) is 1.24. The van der Waals surface area contributed by atoms with E-state index in [2.05, 4.69) is 20.9 Å². The molecule has 0 amide bonds. The topological polar surface area (TPSA) is 81.6 Å². The van der Waals surface area contributed by atoms with E-state index in [1.807, 2.05) is 0 Å². The highest BCUT2D eigenvalue weighted by Crippen LogP contribution is 2.16. The Morgan fingerprint density at radius 3 is 2.46 bits per heavy atom. The van der Waals surface area contributed by atoms with Gasteiger partial charge in [0.25, 0.3) is 0 Å². The van der Waals surface area contributed by atoms with Crippen molar-refractivity contribution in [3.63, 3.8) is 0 Å². The molecule has 1 aromatic carbocycles. The number of hydrazine groups is 1. The number of nitrogens with two attached hydrogens (primary N) is 1. The van der Waals surface area contributed by atoms with Crippen LogP contribution in [0.15, 0.2) is 28.7 Å². The van der Waals surface area contributed by atoms with Crippen molar-refractivity contribution in [1.82, 2.24) is 0 Å². The van der Waals surface area contributed by atoms with Gasteiger partial charge in [0.1, 0.15) is 0 Å². The van der Waals surface area contributed by atoms with Crippen LogP contribution in [0.5, 0.6) is 0 Å². The van der Waals surface area contributed by atoms with Crippen molar-refractivity contribution in [2.24, 2.45) is 5.84 Å². The predicted octanol–water partition coefficient (Wildman–Crippen LogP) is 1.25. The maximum absolute atomic E-state index is 9.90. The SMILES string of the molecule is NN(O[N+](=O)[O-])c1ccc(Br)cc1. The van der Waals surface area contributed by atoms with Crippen LogP contribution in [0.25, 0.3) is 0 Å². The molecule has 0 bridgehead atoms. The molecule has 0 aliphatic heterocycles. The van der Waals surface area contributed by atoms with Crippen LogP contribution in [0.1, 0.15) is 0 Å². The summed E-state index contributed by atoms with van der Waals surface area (Å²) in [6.45, 7) is 0. The summed E-state index contributed by atoms with van der Waals surface area (Å²) in [6.07, 6.45) is 0. The number of anilines is 1. The average Bonchev–Trinajstić information content (AvgIpc) is 2.04. The van der Waals surface area contributed by atoms with Crippen LogP contribution in [0.4, 0.5) is 5.69 Å². The summed E-state index contributed by atoms with van der Waals surface area (Å²) < 4.78 is 0.853. The van der Waals surface area contributed by atoms with Gasteiger partial charge in [-0.15, -0.1) is 15.3 Å². The van der Waals surface area contributed by atoms with Crippen LogP contribution in [0.3, 0.4) is 0 Å². The molecular weight excluding hydrogens is 242 g/mol. The van der Waals surface area contributed by atoms with Crippen molar-refractivity contribution in [2.75, 3.05) is 5.17 Å². The molecule has 0 saturated heterocycles. The second-order valence-corrected chi connectivity index (χ2v) is 3.02. The maximum atomic E-state index is 9.90. The lowest BCUT2D eigenvalue weighted by molar-refractivity contribution is -0.762. The lowest BCUT2D eigenvalue weighted by Crippen LogP contribution is -2.33. The van der Waals surface area contributed by atoms with Crippen molar-refractivity contribution >= 4 is 21.6 Å². The highest BCUT2D eigenvalue weighted by atomic mass is 79.9. The van der Waals surface area contributed by atoms with E-state index in [-0.39, 0.29) is 0 Å². The Morgan fingerprint density at radius 1 is 1.46 bits per heavy atom. The quantitative estimate of drug-likeness (QED) is 0.494. The molecule has 0 aliphatic rings. The van der Waals surface area contributed by atoms with Crippen molar-refractivity contribution in [2.45, 2.75) is 0 Å². The van der Waals surface area contributed by atoms with Crippen molar-refractivity contribution < 1.29 is 10.0 Å². The Bertz CT molecular complexity index is 302. The van der Waals surface area contributed by atoms with Gasteiger partial charge in [0.2, 0.25) is 0 Å². The van der Waals surface area contributed by atoms with Gasteiger partial charge in [-0.25, -0.2) is 5.84 Å². The Hall–Kier alpha value is -1.34. The molecule has 0 fully saturated rings. The molecule has 0 aromatic heterocycles. The number of hydrogen-bond acceptors (Lipinski definition) is 5. The molecule has 0 atom stereocenters. The summed E-state index contributed by atoms with van der Waals surface area (Å²) >= 11 is 3.21. The number of rotatable bonds is 3. The fraction of sp³-hybridized carbons (Fsp3) is 0. The predicted molar refractivity (Wildman–Crippen MR) is 48.9 cm³/mol. The zero-order chi connectivity index (χ0) is 9.84. The summed E-state index contributed by atoms with van der Waals surface area (Å²) in [7, 11) is 0. The molecule has 0 aliphatic carbocycles. The van der Waals surface area contributed by atoms with Gasteiger partial charge in [-0.05, 0) is 24.3 Å². The molecule has 0 saturated carbocycles. The third-order valence-corrected chi connectivity index (χ3v) is 1.76. The molecule has 6 nitrogen and oxygen atoms in total.